The number of hydrogen-bond donors (Lipinski definition) is 1. The van der Waals surface area contributed by atoms with Gasteiger partial charge in [-0.25, -0.2) is 9.37 Å². The van der Waals surface area contributed by atoms with E-state index in [1.165, 1.54) is 12.3 Å². The van der Waals surface area contributed by atoms with E-state index in [0.717, 1.165) is 5.69 Å². The topological polar surface area (TPSA) is 38.1 Å². The lowest BCUT2D eigenvalue weighted by molar-refractivity contribution is 0.553. The molecule has 0 fully saturated rings. The SMILES string of the molecule is CC(C)NCc1coc(-c2ccc(Cl)cc2F)n1. The third-order valence-corrected chi connectivity index (χ3v) is 2.64. The maximum absolute atomic E-state index is 13.7. The number of benzene rings is 1. The Balaban J connectivity index is 2.18. The predicted octanol–water partition coefficient (Wildman–Crippen LogP) is 3.63. The fourth-order valence-electron chi connectivity index (χ4n) is 1.48. The molecule has 0 saturated carbocycles. The Bertz CT molecular complexity index is 540. The Morgan fingerprint density at radius 2 is 2.22 bits per heavy atom. The lowest BCUT2D eigenvalue weighted by Gasteiger charge is -2.04. The highest BCUT2D eigenvalue weighted by Crippen LogP contribution is 2.24. The number of halogens is 2. The van der Waals surface area contributed by atoms with Crippen LogP contribution in [0.2, 0.25) is 5.02 Å². The molecular weight excluding hydrogens is 255 g/mol. The summed E-state index contributed by atoms with van der Waals surface area (Å²) in [4.78, 5) is 4.23. The van der Waals surface area contributed by atoms with Crippen molar-refractivity contribution in [2.45, 2.75) is 26.4 Å². The van der Waals surface area contributed by atoms with Gasteiger partial charge in [-0.05, 0) is 18.2 Å². The van der Waals surface area contributed by atoms with Gasteiger partial charge in [-0.3, -0.25) is 0 Å². The molecule has 3 nitrogen and oxygen atoms in total. The van der Waals surface area contributed by atoms with Crippen LogP contribution in [0.3, 0.4) is 0 Å². The second-order valence-corrected chi connectivity index (χ2v) is 4.74. The van der Waals surface area contributed by atoms with E-state index in [1.54, 1.807) is 12.1 Å². The van der Waals surface area contributed by atoms with Crippen LogP contribution in [-0.2, 0) is 6.54 Å². The zero-order chi connectivity index (χ0) is 13.1. The highest BCUT2D eigenvalue weighted by atomic mass is 35.5. The first-order valence-electron chi connectivity index (χ1n) is 5.69. The number of hydrogen-bond acceptors (Lipinski definition) is 3. The minimum Gasteiger partial charge on any atom is -0.444 e. The molecule has 18 heavy (non-hydrogen) atoms. The molecule has 0 amide bonds. The summed E-state index contributed by atoms with van der Waals surface area (Å²) in [6.45, 7) is 4.68. The largest absolute Gasteiger partial charge is 0.444 e. The van der Waals surface area contributed by atoms with Crippen molar-refractivity contribution in [1.82, 2.24) is 10.3 Å². The van der Waals surface area contributed by atoms with E-state index < -0.39 is 5.82 Å². The molecule has 0 aliphatic carbocycles. The molecule has 0 aliphatic heterocycles. The number of nitrogens with zero attached hydrogens (tertiary/aromatic N) is 1. The van der Waals surface area contributed by atoms with Crippen LogP contribution in [0.4, 0.5) is 4.39 Å². The molecule has 0 saturated heterocycles. The van der Waals surface area contributed by atoms with Gasteiger partial charge in [0.25, 0.3) is 0 Å². The third kappa shape index (κ3) is 3.09. The summed E-state index contributed by atoms with van der Waals surface area (Å²) in [7, 11) is 0. The van der Waals surface area contributed by atoms with E-state index in [1.807, 2.05) is 13.8 Å². The lowest BCUT2D eigenvalue weighted by Crippen LogP contribution is -2.21. The fraction of sp³-hybridized carbons (Fsp3) is 0.308. The number of aromatic nitrogens is 1. The standard InChI is InChI=1S/C13H14ClFN2O/c1-8(2)16-6-10-7-18-13(17-10)11-4-3-9(14)5-12(11)15/h3-5,7-8,16H,6H2,1-2H3. The maximum atomic E-state index is 13.7. The Hall–Kier alpha value is -1.39. The van der Waals surface area contributed by atoms with Gasteiger partial charge in [0.1, 0.15) is 12.1 Å². The van der Waals surface area contributed by atoms with Gasteiger partial charge < -0.3 is 9.73 Å². The van der Waals surface area contributed by atoms with E-state index in [4.69, 9.17) is 16.0 Å². The average Bonchev–Trinajstić information content (AvgIpc) is 2.75. The molecule has 2 rings (SSSR count). The van der Waals surface area contributed by atoms with Crippen molar-refractivity contribution in [2.24, 2.45) is 0 Å². The summed E-state index contributed by atoms with van der Waals surface area (Å²) in [6.07, 6.45) is 1.53. The second kappa shape index (κ2) is 5.50. The summed E-state index contributed by atoms with van der Waals surface area (Å²) in [5.41, 5.74) is 1.06. The van der Waals surface area contributed by atoms with Crippen LogP contribution in [0, 0.1) is 5.82 Å². The van der Waals surface area contributed by atoms with Gasteiger partial charge >= 0.3 is 0 Å². The van der Waals surface area contributed by atoms with E-state index in [9.17, 15) is 4.39 Å². The van der Waals surface area contributed by atoms with Crippen molar-refractivity contribution in [3.8, 4) is 11.5 Å². The summed E-state index contributed by atoms with van der Waals surface area (Å²) in [6, 6.07) is 4.77. The molecule has 1 heterocycles. The van der Waals surface area contributed by atoms with Crippen LogP contribution < -0.4 is 5.32 Å². The number of nitrogens with one attached hydrogen (secondary N) is 1. The van der Waals surface area contributed by atoms with Crippen molar-refractivity contribution in [3.63, 3.8) is 0 Å². The van der Waals surface area contributed by atoms with Crippen LogP contribution in [0.1, 0.15) is 19.5 Å². The zero-order valence-electron chi connectivity index (χ0n) is 10.2. The Kier molecular flexibility index (Phi) is 3.99. The van der Waals surface area contributed by atoms with Crippen molar-refractivity contribution in [2.75, 3.05) is 0 Å². The highest BCUT2D eigenvalue weighted by Gasteiger charge is 2.12. The number of oxazole rings is 1. The summed E-state index contributed by atoms with van der Waals surface area (Å²) in [5, 5.41) is 3.56. The molecule has 1 N–H and O–H groups in total. The quantitative estimate of drug-likeness (QED) is 0.920. The molecule has 0 spiro atoms. The first kappa shape index (κ1) is 13.1. The zero-order valence-corrected chi connectivity index (χ0v) is 11.0. The first-order valence-corrected chi connectivity index (χ1v) is 6.07. The second-order valence-electron chi connectivity index (χ2n) is 4.30. The Morgan fingerprint density at radius 3 is 2.89 bits per heavy atom. The van der Waals surface area contributed by atoms with Gasteiger partial charge in [0, 0.05) is 17.6 Å². The fourth-order valence-corrected chi connectivity index (χ4v) is 1.64. The van der Waals surface area contributed by atoms with E-state index in [2.05, 4.69) is 10.3 Å². The normalized spacial score (nSPS) is 11.2. The van der Waals surface area contributed by atoms with Crippen LogP contribution in [-0.4, -0.2) is 11.0 Å². The van der Waals surface area contributed by atoms with Crippen LogP contribution in [0.25, 0.3) is 11.5 Å². The van der Waals surface area contributed by atoms with E-state index >= 15 is 0 Å². The molecule has 1 aromatic carbocycles. The maximum Gasteiger partial charge on any atom is 0.229 e. The van der Waals surface area contributed by atoms with Gasteiger partial charge in [0.05, 0.1) is 11.3 Å². The molecule has 2 aromatic rings. The molecule has 0 bridgehead atoms. The Labute approximate surface area is 110 Å². The van der Waals surface area contributed by atoms with Gasteiger partial charge in [-0.2, -0.15) is 0 Å². The number of rotatable bonds is 4. The molecule has 0 unspecified atom stereocenters. The molecule has 0 radical (unpaired) electrons. The average molecular weight is 269 g/mol. The molecule has 0 atom stereocenters. The molecule has 1 aromatic heterocycles. The molecular formula is C13H14ClFN2O. The van der Waals surface area contributed by atoms with Crippen molar-refractivity contribution < 1.29 is 8.81 Å². The van der Waals surface area contributed by atoms with Gasteiger partial charge in [0.15, 0.2) is 0 Å². The third-order valence-electron chi connectivity index (χ3n) is 2.40. The molecule has 96 valence electrons. The van der Waals surface area contributed by atoms with Gasteiger partial charge in [-0.15, -0.1) is 0 Å². The summed E-state index contributed by atoms with van der Waals surface area (Å²) in [5.74, 6) is -0.169. The van der Waals surface area contributed by atoms with Crippen molar-refractivity contribution in [1.29, 1.82) is 0 Å². The van der Waals surface area contributed by atoms with Crippen molar-refractivity contribution in [3.05, 3.63) is 41.0 Å². The highest BCUT2D eigenvalue weighted by molar-refractivity contribution is 6.30. The monoisotopic (exact) mass is 268 g/mol. The molecule has 5 heteroatoms. The summed E-state index contributed by atoms with van der Waals surface area (Å²) >= 11 is 5.69. The first-order chi connectivity index (χ1) is 8.56. The minimum atomic E-state index is -0.437. The Morgan fingerprint density at radius 1 is 1.44 bits per heavy atom. The van der Waals surface area contributed by atoms with Crippen LogP contribution >= 0.6 is 11.6 Å². The van der Waals surface area contributed by atoms with Gasteiger partial charge in [0.2, 0.25) is 5.89 Å². The van der Waals surface area contributed by atoms with E-state index in [-0.39, 0.29) is 5.89 Å². The summed E-state index contributed by atoms with van der Waals surface area (Å²) < 4.78 is 18.9. The smallest absolute Gasteiger partial charge is 0.229 e. The lowest BCUT2D eigenvalue weighted by atomic mass is 10.2. The predicted molar refractivity (Wildman–Crippen MR) is 68.9 cm³/mol. The minimum absolute atomic E-state index is 0.268. The molecule has 0 aliphatic rings. The van der Waals surface area contributed by atoms with Crippen LogP contribution in [0.5, 0.6) is 0 Å². The van der Waals surface area contributed by atoms with Gasteiger partial charge in [-0.1, -0.05) is 25.4 Å². The van der Waals surface area contributed by atoms with Crippen molar-refractivity contribution >= 4 is 11.6 Å². The van der Waals surface area contributed by atoms with E-state index in [0.29, 0.717) is 23.2 Å². The van der Waals surface area contributed by atoms with Crippen LogP contribution in [0.15, 0.2) is 28.9 Å².